The number of aromatic nitrogens is 3. The number of nitrogens with one attached hydrogen (secondary N) is 1. The number of hydrogen-bond acceptors (Lipinski definition) is 4. The molecule has 1 saturated heterocycles. The van der Waals surface area contributed by atoms with Crippen molar-refractivity contribution in [3.8, 4) is 0 Å². The molecule has 2 aromatic rings. The lowest BCUT2D eigenvalue weighted by atomic mass is 10.1. The molecule has 130 valence electrons. The van der Waals surface area contributed by atoms with Crippen molar-refractivity contribution >= 4 is 6.03 Å². The summed E-state index contributed by atoms with van der Waals surface area (Å²) in [6, 6.07) is 3.85. The molecule has 3 rings (SSSR count). The average molecular weight is 331 g/mol. The van der Waals surface area contributed by atoms with Crippen LogP contribution in [0, 0.1) is 0 Å². The summed E-state index contributed by atoms with van der Waals surface area (Å²) < 4.78 is 7.54. The second kappa shape index (κ2) is 7.99. The number of nitrogens with zero attached hydrogens (tertiary/aromatic N) is 4. The molecule has 0 bridgehead atoms. The molecule has 1 N–H and O–H groups in total. The molecule has 2 aromatic heterocycles. The number of furan rings is 1. The van der Waals surface area contributed by atoms with E-state index in [9.17, 15) is 4.79 Å². The van der Waals surface area contributed by atoms with Crippen molar-refractivity contribution in [1.29, 1.82) is 0 Å². The minimum atomic E-state index is -0.0237. The molecule has 1 aliphatic heterocycles. The van der Waals surface area contributed by atoms with Gasteiger partial charge in [0.1, 0.15) is 17.9 Å². The monoisotopic (exact) mass is 331 g/mol. The minimum absolute atomic E-state index is 0.0237. The van der Waals surface area contributed by atoms with Gasteiger partial charge in [0.25, 0.3) is 0 Å². The van der Waals surface area contributed by atoms with Crippen molar-refractivity contribution in [2.45, 2.75) is 51.6 Å². The Morgan fingerprint density at radius 1 is 1.42 bits per heavy atom. The Labute approximate surface area is 142 Å². The fraction of sp³-hybridized carbons (Fsp3) is 0.588. The third-order valence-corrected chi connectivity index (χ3v) is 4.53. The van der Waals surface area contributed by atoms with E-state index in [1.807, 2.05) is 28.5 Å². The van der Waals surface area contributed by atoms with E-state index in [2.05, 4.69) is 15.5 Å². The van der Waals surface area contributed by atoms with Gasteiger partial charge in [-0.05, 0) is 25.0 Å². The Hall–Kier alpha value is -2.31. The molecule has 7 nitrogen and oxygen atoms in total. The first-order chi connectivity index (χ1) is 11.8. The molecule has 1 aliphatic rings. The molecular formula is C17H25N5O2. The highest BCUT2D eigenvalue weighted by Gasteiger charge is 2.28. The fourth-order valence-electron chi connectivity index (χ4n) is 3.25. The Bertz CT molecular complexity index is 637. The van der Waals surface area contributed by atoms with E-state index in [1.165, 1.54) is 0 Å². The predicted molar refractivity (Wildman–Crippen MR) is 89.4 cm³/mol. The molecule has 1 fully saturated rings. The second-order valence-electron chi connectivity index (χ2n) is 6.10. The van der Waals surface area contributed by atoms with Crippen molar-refractivity contribution in [3.63, 3.8) is 0 Å². The molecule has 0 radical (unpaired) electrons. The van der Waals surface area contributed by atoms with Gasteiger partial charge in [0.2, 0.25) is 0 Å². The Kier molecular flexibility index (Phi) is 5.51. The zero-order valence-electron chi connectivity index (χ0n) is 14.1. The summed E-state index contributed by atoms with van der Waals surface area (Å²) in [5, 5.41) is 11.0. The molecule has 7 heteroatoms. The third kappa shape index (κ3) is 3.77. The number of carbonyl (C=O) groups excluding carboxylic acids is 1. The number of amides is 2. The lowest BCUT2D eigenvalue weighted by Gasteiger charge is -2.28. The number of urea groups is 1. The van der Waals surface area contributed by atoms with E-state index in [1.54, 1.807) is 12.6 Å². The van der Waals surface area contributed by atoms with E-state index in [-0.39, 0.29) is 12.1 Å². The number of rotatable bonds is 5. The van der Waals surface area contributed by atoms with E-state index >= 15 is 0 Å². The van der Waals surface area contributed by atoms with Gasteiger partial charge >= 0.3 is 6.03 Å². The van der Waals surface area contributed by atoms with Crippen molar-refractivity contribution in [2.75, 3.05) is 13.1 Å². The summed E-state index contributed by atoms with van der Waals surface area (Å²) in [4.78, 5) is 14.6. The first-order valence-corrected chi connectivity index (χ1v) is 8.74. The second-order valence-corrected chi connectivity index (χ2v) is 6.10. The largest absolute Gasteiger partial charge is 0.467 e. The van der Waals surface area contributed by atoms with Crippen LogP contribution in [0.2, 0.25) is 0 Å². The first-order valence-electron chi connectivity index (χ1n) is 8.74. The van der Waals surface area contributed by atoms with Gasteiger partial charge in [0.05, 0.1) is 12.3 Å². The SMILES string of the molecule is CCc1nncn1CCNC(=O)N1CCCCCC1c1ccco1. The van der Waals surface area contributed by atoms with Gasteiger partial charge in [-0.1, -0.05) is 19.8 Å². The molecule has 1 atom stereocenters. The predicted octanol–water partition coefficient (Wildman–Crippen LogP) is 2.76. The molecule has 2 amide bonds. The first kappa shape index (κ1) is 16.5. The molecule has 3 heterocycles. The van der Waals surface area contributed by atoms with Crippen LogP contribution in [-0.2, 0) is 13.0 Å². The number of aryl methyl sites for hydroxylation is 1. The van der Waals surface area contributed by atoms with Crippen molar-refractivity contribution in [3.05, 3.63) is 36.3 Å². The van der Waals surface area contributed by atoms with Gasteiger partial charge in [-0.25, -0.2) is 4.79 Å². The van der Waals surface area contributed by atoms with Crippen LogP contribution in [0.15, 0.2) is 29.1 Å². The maximum absolute atomic E-state index is 12.7. The third-order valence-electron chi connectivity index (χ3n) is 4.53. The van der Waals surface area contributed by atoms with Crippen LogP contribution < -0.4 is 5.32 Å². The lowest BCUT2D eigenvalue weighted by molar-refractivity contribution is 0.166. The molecule has 24 heavy (non-hydrogen) atoms. The molecular weight excluding hydrogens is 306 g/mol. The van der Waals surface area contributed by atoms with Crippen LogP contribution in [0.5, 0.6) is 0 Å². The smallest absolute Gasteiger partial charge is 0.318 e. The summed E-state index contributed by atoms with van der Waals surface area (Å²) in [6.45, 7) is 4.06. The zero-order chi connectivity index (χ0) is 16.8. The van der Waals surface area contributed by atoms with Gasteiger partial charge in [0.15, 0.2) is 0 Å². The Morgan fingerprint density at radius 3 is 3.12 bits per heavy atom. The van der Waals surface area contributed by atoms with Crippen molar-refractivity contribution in [2.24, 2.45) is 0 Å². The summed E-state index contributed by atoms with van der Waals surface area (Å²) in [7, 11) is 0. The highest BCUT2D eigenvalue weighted by atomic mass is 16.3. The highest BCUT2D eigenvalue weighted by Crippen LogP contribution is 2.30. The standard InChI is InChI=1S/C17H25N5O2/c1-2-16-20-19-13-21(16)11-9-18-17(23)22-10-5-3-4-7-14(22)15-8-6-12-24-15/h6,8,12-14H,2-5,7,9-11H2,1H3,(H,18,23). The van der Waals surface area contributed by atoms with E-state index in [0.717, 1.165) is 50.2 Å². The molecule has 0 aliphatic carbocycles. The molecule has 0 spiro atoms. The molecule has 0 aromatic carbocycles. The highest BCUT2D eigenvalue weighted by molar-refractivity contribution is 5.74. The average Bonchev–Trinajstić information content (AvgIpc) is 3.22. The topological polar surface area (TPSA) is 76.2 Å². The number of carbonyl (C=O) groups is 1. The number of likely N-dealkylation sites (tertiary alicyclic amines) is 1. The maximum atomic E-state index is 12.7. The quantitative estimate of drug-likeness (QED) is 0.914. The lowest BCUT2D eigenvalue weighted by Crippen LogP contribution is -2.43. The maximum Gasteiger partial charge on any atom is 0.318 e. The Balaban J connectivity index is 1.59. The molecule has 1 unspecified atom stereocenters. The van der Waals surface area contributed by atoms with Gasteiger partial charge in [-0.3, -0.25) is 0 Å². The molecule has 0 saturated carbocycles. The van der Waals surface area contributed by atoms with Crippen LogP contribution >= 0.6 is 0 Å². The van der Waals surface area contributed by atoms with Crippen LogP contribution in [0.3, 0.4) is 0 Å². The van der Waals surface area contributed by atoms with Crippen molar-refractivity contribution in [1.82, 2.24) is 25.0 Å². The van der Waals surface area contributed by atoms with E-state index in [0.29, 0.717) is 13.1 Å². The summed E-state index contributed by atoms with van der Waals surface area (Å²) >= 11 is 0. The summed E-state index contributed by atoms with van der Waals surface area (Å²) in [5.74, 6) is 1.81. The van der Waals surface area contributed by atoms with Crippen LogP contribution in [0.25, 0.3) is 0 Å². The zero-order valence-corrected chi connectivity index (χ0v) is 14.1. The normalized spacial score (nSPS) is 18.4. The summed E-state index contributed by atoms with van der Waals surface area (Å²) in [6.07, 6.45) is 8.48. The van der Waals surface area contributed by atoms with E-state index < -0.39 is 0 Å². The number of hydrogen-bond donors (Lipinski definition) is 1. The van der Waals surface area contributed by atoms with Crippen LogP contribution in [-0.4, -0.2) is 38.8 Å². The van der Waals surface area contributed by atoms with Gasteiger partial charge in [0, 0.05) is 26.1 Å². The van der Waals surface area contributed by atoms with Gasteiger partial charge in [-0.15, -0.1) is 10.2 Å². The fourth-order valence-corrected chi connectivity index (χ4v) is 3.25. The van der Waals surface area contributed by atoms with Gasteiger partial charge < -0.3 is 19.2 Å². The van der Waals surface area contributed by atoms with Crippen LogP contribution in [0.1, 0.15) is 50.2 Å². The Morgan fingerprint density at radius 2 is 2.33 bits per heavy atom. The van der Waals surface area contributed by atoms with E-state index in [4.69, 9.17) is 4.42 Å². The minimum Gasteiger partial charge on any atom is -0.467 e. The van der Waals surface area contributed by atoms with Crippen LogP contribution in [0.4, 0.5) is 4.79 Å². The van der Waals surface area contributed by atoms with Crippen molar-refractivity contribution < 1.29 is 9.21 Å². The van der Waals surface area contributed by atoms with Gasteiger partial charge in [-0.2, -0.15) is 0 Å². The summed E-state index contributed by atoms with van der Waals surface area (Å²) in [5.41, 5.74) is 0.